The SMILES string of the molecule is CCOC(=O)c1c(C(F)F)cnc(CCl)c1Br. The number of carbonyl (C=O) groups is 1. The first-order valence-electron chi connectivity index (χ1n) is 4.71. The largest absolute Gasteiger partial charge is 0.462 e. The van der Waals surface area contributed by atoms with Gasteiger partial charge in [-0.05, 0) is 22.9 Å². The lowest BCUT2D eigenvalue weighted by molar-refractivity contribution is 0.0513. The van der Waals surface area contributed by atoms with Gasteiger partial charge >= 0.3 is 5.97 Å². The van der Waals surface area contributed by atoms with E-state index in [4.69, 9.17) is 16.3 Å². The van der Waals surface area contributed by atoms with Crippen LogP contribution < -0.4 is 0 Å². The van der Waals surface area contributed by atoms with Crippen LogP contribution in [0.5, 0.6) is 0 Å². The summed E-state index contributed by atoms with van der Waals surface area (Å²) >= 11 is 8.64. The number of rotatable bonds is 4. The summed E-state index contributed by atoms with van der Waals surface area (Å²) in [5, 5.41) is 0. The van der Waals surface area contributed by atoms with Crippen LogP contribution in [0.1, 0.15) is 35.0 Å². The highest BCUT2D eigenvalue weighted by Crippen LogP contribution is 2.31. The minimum Gasteiger partial charge on any atom is -0.462 e. The molecule has 0 fully saturated rings. The lowest BCUT2D eigenvalue weighted by Crippen LogP contribution is -2.11. The Morgan fingerprint density at radius 3 is 2.76 bits per heavy atom. The third kappa shape index (κ3) is 3.13. The van der Waals surface area contributed by atoms with E-state index in [1.54, 1.807) is 6.92 Å². The van der Waals surface area contributed by atoms with Crippen LogP contribution in [0.15, 0.2) is 10.7 Å². The maximum absolute atomic E-state index is 12.7. The van der Waals surface area contributed by atoms with Crippen LogP contribution in [-0.2, 0) is 10.6 Å². The third-order valence-corrected chi connectivity index (χ3v) is 3.07. The van der Waals surface area contributed by atoms with Crippen molar-refractivity contribution in [1.82, 2.24) is 4.98 Å². The van der Waals surface area contributed by atoms with Crippen LogP contribution in [0.3, 0.4) is 0 Å². The number of carbonyl (C=O) groups excluding carboxylic acids is 1. The second-order valence-electron chi connectivity index (χ2n) is 3.00. The third-order valence-electron chi connectivity index (χ3n) is 1.96. The Balaban J connectivity index is 3.34. The van der Waals surface area contributed by atoms with E-state index < -0.39 is 18.0 Å². The molecule has 0 aliphatic carbocycles. The highest BCUT2D eigenvalue weighted by atomic mass is 79.9. The second kappa shape index (κ2) is 6.26. The summed E-state index contributed by atoms with van der Waals surface area (Å²) in [7, 11) is 0. The van der Waals surface area contributed by atoms with Crippen LogP contribution in [0.2, 0.25) is 0 Å². The lowest BCUT2D eigenvalue weighted by Gasteiger charge is -2.11. The Labute approximate surface area is 110 Å². The molecule has 0 aliphatic rings. The molecule has 0 aromatic carbocycles. The first-order chi connectivity index (χ1) is 8.02. The van der Waals surface area contributed by atoms with Crippen LogP contribution in [-0.4, -0.2) is 17.6 Å². The van der Waals surface area contributed by atoms with E-state index in [0.29, 0.717) is 5.69 Å². The molecule has 0 saturated carbocycles. The van der Waals surface area contributed by atoms with Gasteiger partial charge in [0.2, 0.25) is 0 Å². The minimum absolute atomic E-state index is 0.0104. The molecule has 0 unspecified atom stereocenters. The fourth-order valence-corrected chi connectivity index (χ4v) is 2.21. The van der Waals surface area contributed by atoms with E-state index in [1.165, 1.54) is 0 Å². The molecule has 0 radical (unpaired) electrons. The summed E-state index contributed by atoms with van der Waals surface area (Å²) < 4.78 is 30.4. The summed E-state index contributed by atoms with van der Waals surface area (Å²) in [6.07, 6.45) is -1.86. The van der Waals surface area contributed by atoms with Gasteiger partial charge in [-0.2, -0.15) is 0 Å². The maximum atomic E-state index is 12.7. The molecule has 0 aliphatic heterocycles. The van der Waals surface area contributed by atoms with Crippen molar-refractivity contribution in [2.75, 3.05) is 6.61 Å². The quantitative estimate of drug-likeness (QED) is 0.625. The molecule has 0 N–H and O–H groups in total. The molecule has 1 aromatic heterocycles. The first kappa shape index (κ1) is 14.3. The van der Waals surface area contributed by atoms with E-state index in [2.05, 4.69) is 20.9 Å². The number of ether oxygens (including phenoxy) is 1. The number of alkyl halides is 3. The van der Waals surface area contributed by atoms with Crippen LogP contribution in [0, 0.1) is 0 Å². The molecule has 1 aromatic rings. The summed E-state index contributed by atoms with van der Waals surface area (Å²) in [6, 6.07) is 0. The van der Waals surface area contributed by atoms with Gasteiger partial charge in [0.05, 0.1) is 33.8 Å². The molecule has 0 spiro atoms. The summed E-state index contributed by atoms with van der Waals surface area (Å²) in [5.41, 5.74) is -0.365. The number of nitrogens with zero attached hydrogens (tertiary/aromatic N) is 1. The van der Waals surface area contributed by atoms with Gasteiger partial charge in [-0.25, -0.2) is 13.6 Å². The van der Waals surface area contributed by atoms with Gasteiger partial charge in [0, 0.05) is 6.20 Å². The molecule has 17 heavy (non-hydrogen) atoms. The normalized spacial score (nSPS) is 10.7. The monoisotopic (exact) mass is 327 g/mol. The Bertz CT molecular complexity index is 429. The summed E-state index contributed by atoms with van der Waals surface area (Å²) in [4.78, 5) is 15.4. The van der Waals surface area contributed by atoms with Gasteiger partial charge in [0.1, 0.15) is 0 Å². The zero-order chi connectivity index (χ0) is 13.0. The van der Waals surface area contributed by atoms with Crippen molar-refractivity contribution < 1.29 is 18.3 Å². The van der Waals surface area contributed by atoms with Gasteiger partial charge in [-0.15, -0.1) is 11.6 Å². The van der Waals surface area contributed by atoms with Crippen molar-refractivity contribution in [2.24, 2.45) is 0 Å². The van der Waals surface area contributed by atoms with Gasteiger partial charge in [-0.1, -0.05) is 0 Å². The van der Waals surface area contributed by atoms with Crippen molar-refractivity contribution in [1.29, 1.82) is 0 Å². The molecule has 0 saturated heterocycles. The fraction of sp³-hybridized carbons (Fsp3) is 0.400. The molecule has 1 rings (SSSR count). The van der Waals surface area contributed by atoms with E-state index >= 15 is 0 Å². The molecule has 0 amide bonds. The second-order valence-corrected chi connectivity index (χ2v) is 4.06. The average Bonchev–Trinajstić information content (AvgIpc) is 2.28. The van der Waals surface area contributed by atoms with Gasteiger partial charge < -0.3 is 4.74 Å². The molecule has 0 bridgehead atoms. The number of esters is 1. The zero-order valence-corrected chi connectivity index (χ0v) is 11.2. The molecule has 1 heterocycles. The molecular weight excluding hydrogens is 319 g/mol. The summed E-state index contributed by atoms with van der Waals surface area (Å²) in [6.45, 7) is 1.70. The Morgan fingerprint density at radius 2 is 2.29 bits per heavy atom. The molecule has 3 nitrogen and oxygen atoms in total. The van der Waals surface area contributed by atoms with Crippen molar-refractivity contribution in [3.8, 4) is 0 Å². The van der Waals surface area contributed by atoms with Gasteiger partial charge in [0.25, 0.3) is 6.43 Å². The first-order valence-corrected chi connectivity index (χ1v) is 6.04. The van der Waals surface area contributed by atoms with Crippen LogP contribution in [0.4, 0.5) is 8.78 Å². The highest BCUT2D eigenvalue weighted by molar-refractivity contribution is 9.10. The van der Waals surface area contributed by atoms with Crippen molar-refractivity contribution in [2.45, 2.75) is 19.2 Å². The standard InChI is InChI=1S/C10H9BrClF2NO2/c1-2-17-10(16)7-5(9(13)14)4-15-6(3-12)8(7)11/h4,9H,2-3H2,1H3. The topological polar surface area (TPSA) is 39.2 Å². The zero-order valence-electron chi connectivity index (χ0n) is 8.84. The van der Waals surface area contributed by atoms with Crippen molar-refractivity contribution >= 4 is 33.5 Å². The number of pyridine rings is 1. The fourth-order valence-electron chi connectivity index (χ4n) is 1.21. The van der Waals surface area contributed by atoms with E-state index in [1.807, 2.05) is 0 Å². The molecule has 7 heteroatoms. The van der Waals surface area contributed by atoms with E-state index in [0.717, 1.165) is 6.20 Å². The van der Waals surface area contributed by atoms with E-state index in [-0.39, 0.29) is 22.5 Å². The van der Waals surface area contributed by atoms with Gasteiger partial charge in [0.15, 0.2) is 0 Å². The lowest BCUT2D eigenvalue weighted by atomic mass is 10.1. The average molecular weight is 329 g/mol. The Kier molecular flexibility index (Phi) is 5.27. The Morgan fingerprint density at radius 1 is 1.65 bits per heavy atom. The summed E-state index contributed by atoms with van der Waals surface area (Å²) in [5.74, 6) is -0.806. The Hall–Kier alpha value is -0.750. The van der Waals surface area contributed by atoms with Crippen molar-refractivity contribution in [3.63, 3.8) is 0 Å². The molecular formula is C10H9BrClF2NO2. The molecule has 0 atom stereocenters. The predicted octanol–water partition coefficient (Wildman–Crippen LogP) is 3.70. The maximum Gasteiger partial charge on any atom is 0.339 e. The number of hydrogen-bond acceptors (Lipinski definition) is 3. The predicted molar refractivity (Wildman–Crippen MR) is 62.4 cm³/mol. The number of hydrogen-bond donors (Lipinski definition) is 0. The highest BCUT2D eigenvalue weighted by Gasteiger charge is 2.24. The van der Waals surface area contributed by atoms with Gasteiger partial charge in [-0.3, -0.25) is 4.98 Å². The van der Waals surface area contributed by atoms with Crippen LogP contribution in [0.25, 0.3) is 0 Å². The van der Waals surface area contributed by atoms with Crippen LogP contribution >= 0.6 is 27.5 Å². The number of aromatic nitrogens is 1. The minimum atomic E-state index is -2.80. The smallest absolute Gasteiger partial charge is 0.339 e. The number of halogens is 4. The molecule has 94 valence electrons. The van der Waals surface area contributed by atoms with E-state index in [9.17, 15) is 13.6 Å². The van der Waals surface area contributed by atoms with Crippen molar-refractivity contribution in [3.05, 3.63) is 27.5 Å².